The number of pyridine rings is 1. The highest BCUT2D eigenvalue weighted by Gasteiger charge is 2.71. The molecule has 8 atom stereocenters. The second-order valence-corrected chi connectivity index (χ2v) is 17.6. The Morgan fingerprint density at radius 1 is 0.915 bits per heavy atom. The molecule has 0 spiro atoms. The molecular formula is C41H54N2O4. The lowest BCUT2D eigenvalue weighted by Crippen LogP contribution is -2.66. The topological polar surface area (TPSA) is 85.4 Å². The van der Waals surface area contributed by atoms with Gasteiger partial charge in [-0.05, 0) is 115 Å². The standard InChI is InChI=1S/C41H54N2O4/c1-24(2)34-30(45)22-41(36(46)43-27-21-26-11-9-10-12-29(26)42-23-27)20-19-39(7)28(35(34)41)13-14-32-38(6)17-16-33(47-25(3)44)37(4,5)31(38)15-18-40(32,39)8/h9-12,21,23-24,28,31-33H,13-20,22H2,1-8H3,(H,43,46)/t28?,31?,32?,33-,38-,39+,40+,41+/m0/s1. The van der Waals surface area contributed by atoms with Crippen LogP contribution in [0.2, 0.25) is 0 Å². The number of anilines is 1. The molecule has 47 heavy (non-hydrogen) atoms. The molecule has 4 fully saturated rings. The number of esters is 1. The SMILES string of the molecule is CC(=O)O[C@H]1CC[C@@]2(C)C(CC[C@]3(C)C2CCC2C4=C(C(C)C)C(=O)C[C@]4(C(=O)Nc4cnc5ccccc5c4)CC[C@]23C)C1(C)C. The van der Waals surface area contributed by atoms with Gasteiger partial charge < -0.3 is 10.1 Å². The van der Waals surface area contributed by atoms with E-state index in [0.29, 0.717) is 23.9 Å². The van der Waals surface area contributed by atoms with E-state index in [4.69, 9.17) is 4.74 Å². The molecule has 1 aromatic carbocycles. The van der Waals surface area contributed by atoms with Crippen LogP contribution in [0.4, 0.5) is 5.69 Å². The molecule has 7 rings (SSSR count). The molecule has 1 aromatic heterocycles. The van der Waals surface area contributed by atoms with E-state index in [0.717, 1.165) is 61.4 Å². The van der Waals surface area contributed by atoms with Crippen molar-refractivity contribution in [3.8, 4) is 0 Å². The number of aromatic nitrogens is 1. The van der Waals surface area contributed by atoms with E-state index in [1.165, 1.54) is 5.57 Å². The van der Waals surface area contributed by atoms with Gasteiger partial charge in [0, 0.05) is 24.1 Å². The van der Waals surface area contributed by atoms with Crippen molar-refractivity contribution in [2.45, 2.75) is 119 Å². The van der Waals surface area contributed by atoms with Gasteiger partial charge in [-0.2, -0.15) is 0 Å². The fourth-order valence-electron chi connectivity index (χ4n) is 12.7. The van der Waals surface area contributed by atoms with Gasteiger partial charge in [0.1, 0.15) is 6.10 Å². The smallest absolute Gasteiger partial charge is 0.302 e. The molecular weight excluding hydrogens is 584 g/mol. The van der Waals surface area contributed by atoms with Crippen LogP contribution in [0.5, 0.6) is 0 Å². The number of hydrogen-bond donors (Lipinski definition) is 1. The van der Waals surface area contributed by atoms with E-state index < -0.39 is 5.41 Å². The lowest BCUT2D eigenvalue weighted by atomic mass is 9.33. The average Bonchev–Trinajstić information content (AvgIpc) is 3.32. The molecule has 252 valence electrons. The largest absolute Gasteiger partial charge is 0.462 e. The van der Waals surface area contributed by atoms with Gasteiger partial charge in [0.05, 0.1) is 22.8 Å². The van der Waals surface area contributed by atoms with Gasteiger partial charge in [0.2, 0.25) is 5.91 Å². The van der Waals surface area contributed by atoms with Crippen LogP contribution >= 0.6 is 0 Å². The summed E-state index contributed by atoms with van der Waals surface area (Å²) in [6, 6.07) is 9.94. The number of benzene rings is 1. The zero-order valence-electron chi connectivity index (χ0n) is 29.8. The van der Waals surface area contributed by atoms with Gasteiger partial charge in [-0.15, -0.1) is 0 Å². The monoisotopic (exact) mass is 638 g/mol. The van der Waals surface area contributed by atoms with Crippen LogP contribution in [-0.4, -0.2) is 28.7 Å². The van der Waals surface area contributed by atoms with Gasteiger partial charge in [-0.1, -0.05) is 66.7 Å². The van der Waals surface area contributed by atoms with Crippen molar-refractivity contribution in [2.24, 2.45) is 50.7 Å². The Bertz CT molecular complexity index is 1690. The summed E-state index contributed by atoms with van der Waals surface area (Å²) in [5.74, 6) is 1.25. The predicted molar refractivity (Wildman–Crippen MR) is 185 cm³/mol. The Labute approximate surface area is 280 Å². The van der Waals surface area contributed by atoms with Crippen molar-refractivity contribution in [2.75, 3.05) is 5.32 Å². The molecule has 0 saturated heterocycles. The number of Topliss-reactive ketones (excluding diaryl/α,β-unsaturated/α-hetero) is 1. The van der Waals surface area contributed by atoms with Crippen LogP contribution < -0.4 is 5.32 Å². The highest BCUT2D eigenvalue weighted by Crippen LogP contribution is 2.76. The maximum Gasteiger partial charge on any atom is 0.302 e. The molecule has 6 heteroatoms. The fourth-order valence-corrected chi connectivity index (χ4v) is 12.7. The molecule has 4 saturated carbocycles. The molecule has 1 heterocycles. The summed E-state index contributed by atoms with van der Waals surface area (Å²) in [7, 11) is 0. The summed E-state index contributed by atoms with van der Waals surface area (Å²) >= 11 is 0. The summed E-state index contributed by atoms with van der Waals surface area (Å²) in [6.45, 7) is 18.1. The van der Waals surface area contributed by atoms with E-state index in [2.05, 4.69) is 58.8 Å². The fraction of sp³-hybridized carbons (Fsp3) is 0.659. The molecule has 0 aliphatic heterocycles. The van der Waals surface area contributed by atoms with Crippen LogP contribution in [0.1, 0.15) is 113 Å². The average molecular weight is 639 g/mol. The molecule has 3 unspecified atom stereocenters. The van der Waals surface area contributed by atoms with Crippen LogP contribution in [0, 0.1) is 50.7 Å². The molecule has 0 bridgehead atoms. The van der Waals surface area contributed by atoms with E-state index in [1.807, 2.05) is 30.3 Å². The third-order valence-corrected chi connectivity index (χ3v) is 15.0. The Balaban J connectivity index is 1.25. The Kier molecular flexibility index (Phi) is 7.43. The van der Waals surface area contributed by atoms with Crippen molar-refractivity contribution >= 4 is 34.3 Å². The number of nitrogens with zero attached hydrogens (tertiary/aromatic N) is 1. The molecule has 0 radical (unpaired) electrons. The summed E-state index contributed by atoms with van der Waals surface area (Å²) in [5, 5.41) is 4.25. The van der Waals surface area contributed by atoms with Crippen molar-refractivity contribution in [1.82, 2.24) is 4.98 Å². The van der Waals surface area contributed by atoms with Crippen LogP contribution in [0.15, 0.2) is 47.7 Å². The zero-order valence-corrected chi connectivity index (χ0v) is 29.8. The molecule has 5 aliphatic carbocycles. The molecule has 5 aliphatic rings. The minimum atomic E-state index is -0.805. The number of amides is 1. The Hall–Kier alpha value is -3.02. The van der Waals surface area contributed by atoms with Gasteiger partial charge >= 0.3 is 5.97 Å². The number of allylic oxidation sites excluding steroid dienone is 1. The summed E-state index contributed by atoms with van der Waals surface area (Å²) in [5.41, 5.74) is 3.01. The molecule has 1 N–H and O–H groups in total. The first-order valence-corrected chi connectivity index (χ1v) is 18.2. The van der Waals surface area contributed by atoms with Gasteiger partial charge in [0.25, 0.3) is 0 Å². The minimum absolute atomic E-state index is 0.0187. The zero-order chi connectivity index (χ0) is 33.7. The number of ketones is 1. The lowest BCUT2D eigenvalue weighted by molar-refractivity contribution is -0.232. The van der Waals surface area contributed by atoms with Crippen molar-refractivity contribution in [3.05, 3.63) is 47.7 Å². The van der Waals surface area contributed by atoms with Crippen molar-refractivity contribution < 1.29 is 19.1 Å². The number of fused-ring (bicyclic) bond motifs is 8. The highest BCUT2D eigenvalue weighted by molar-refractivity contribution is 6.10. The third-order valence-electron chi connectivity index (χ3n) is 15.0. The van der Waals surface area contributed by atoms with Crippen molar-refractivity contribution in [3.63, 3.8) is 0 Å². The number of nitrogens with one attached hydrogen (secondary N) is 1. The van der Waals surface area contributed by atoms with E-state index in [-0.39, 0.29) is 63.7 Å². The maximum absolute atomic E-state index is 14.6. The second-order valence-electron chi connectivity index (χ2n) is 17.6. The first kappa shape index (κ1) is 32.5. The van der Waals surface area contributed by atoms with Crippen LogP contribution in [-0.2, 0) is 19.1 Å². The maximum atomic E-state index is 14.6. The minimum Gasteiger partial charge on any atom is -0.462 e. The van der Waals surface area contributed by atoms with Gasteiger partial charge in [0.15, 0.2) is 5.78 Å². The third kappa shape index (κ3) is 4.48. The van der Waals surface area contributed by atoms with Gasteiger partial charge in [-0.25, -0.2) is 0 Å². The lowest BCUT2D eigenvalue weighted by Gasteiger charge is -2.72. The Morgan fingerprint density at radius 3 is 2.38 bits per heavy atom. The summed E-state index contributed by atoms with van der Waals surface area (Å²) in [6.07, 6.45) is 9.98. The van der Waals surface area contributed by atoms with E-state index in [1.54, 1.807) is 13.1 Å². The number of ether oxygens (including phenoxy) is 1. The van der Waals surface area contributed by atoms with Crippen LogP contribution in [0.3, 0.4) is 0 Å². The number of carbonyl (C=O) groups is 3. The molecule has 1 amide bonds. The second kappa shape index (κ2) is 10.7. The predicted octanol–water partition coefficient (Wildman–Crippen LogP) is 9.09. The van der Waals surface area contributed by atoms with E-state index in [9.17, 15) is 14.4 Å². The molecule has 2 aromatic rings. The van der Waals surface area contributed by atoms with E-state index >= 15 is 0 Å². The number of rotatable bonds is 4. The number of carbonyl (C=O) groups excluding carboxylic acids is 3. The number of hydrogen-bond acceptors (Lipinski definition) is 5. The Morgan fingerprint density at radius 2 is 1.66 bits per heavy atom. The molecule has 6 nitrogen and oxygen atoms in total. The highest BCUT2D eigenvalue weighted by atomic mass is 16.5. The first-order chi connectivity index (χ1) is 22.1. The number of para-hydroxylation sites is 1. The van der Waals surface area contributed by atoms with Crippen molar-refractivity contribution in [1.29, 1.82) is 0 Å². The normalized spacial score (nSPS) is 39.1. The van der Waals surface area contributed by atoms with Crippen LogP contribution in [0.25, 0.3) is 10.9 Å². The quantitative estimate of drug-likeness (QED) is 0.338. The first-order valence-electron chi connectivity index (χ1n) is 18.2. The van der Waals surface area contributed by atoms with Gasteiger partial charge in [-0.3, -0.25) is 19.4 Å². The summed E-state index contributed by atoms with van der Waals surface area (Å²) in [4.78, 5) is 45.3. The summed E-state index contributed by atoms with van der Waals surface area (Å²) < 4.78 is 5.94.